The van der Waals surface area contributed by atoms with Gasteiger partial charge in [0.1, 0.15) is 5.82 Å². The number of aromatic nitrogens is 2. The zero-order chi connectivity index (χ0) is 19.8. The third-order valence-corrected chi connectivity index (χ3v) is 5.26. The number of benzene rings is 1. The first-order chi connectivity index (χ1) is 12.7. The first kappa shape index (κ1) is 18.7. The molecule has 1 N–H and O–H groups in total. The second kappa shape index (κ2) is 6.93. The summed E-state index contributed by atoms with van der Waals surface area (Å²) in [7, 11) is -2.23. The number of hydrogen-bond donors (Lipinski definition) is 1. The molecule has 2 aromatic rings. The first-order valence-corrected chi connectivity index (χ1v) is 9.37. The lowest BCUT2D eigenvalue weighted by Gasteiger charge is -2.12. The molecule has 10 nitrogen and oxygen atoms in total. The highest BCUT2D eigenvalue weighted by Crippen LogP contribution is 2.22. The Kier molecular flexibility index (Phi) is 4.81. The van der Waals surface area contributed by atoms with Crippen molar-refractivity contribution in [2.24, 2.45) is 7.05 Å². The van der Waals surface area contributed by atoms with Crippen molar-refractivity contribution in [1.82, 2.24) is 19.3 Å². The summed E-state index contributed by atoms with van der Waals surface area (Å²) in [5.74, 6) is -1.90. The van der Waals surface area contributed by atoms with Crippen LogP contribution in [0, 0.1) is 6.92 Å². The normalized spacial score (nSPS) is 13.8. The second-order valence-corrected chi connectivity index (χ2v) is 7.51. The number of imide groups is 1. The Morgan fingerprint density at radius 1 is 1.19 bits per heavy atom. The van der Waals surface area contributed by atoms with Crippen molar-refractivity contribution in [1.29, 1.82) is 0 Å². The number of hydrogen-bond acceptors (Lipinski definition) is 7. The summed E-state index contributed by atoms with van der Waals surface area (Å²) in [6.45, 7) is 1.37. The van der Waals surface area contributed by atoms with Crippen LogP contribution in [-0.4, -0.2) is 47.4 Å². The fraction of sp³-hybridized carbons (Fsp3) is 0.250. The molecule has 0 aliphatic carbocycles. The standard InChI is InChI=1S/C16H16N4O6S/c1-10-18-13(9-19(10)2)27(24,25)17-8-7-14(21)26-20-15(22)11-5-3-4-6-12(11)16(20)23/h3-6,9,17H,7-8H2,1-2H3. The number of amides is 2. The second-order valence-electron chi connectivity index (χ2n) is 5.80. The Balaban J connectivity index is 1.56. The molecule has 142 valence electrons. The van der Waals surface area contributed by atoms with Crippen molar-refractivity contribution in [2.75, 3.05) is 6.54 Å². The van der Waals surface area contributed by atoms with Gasteiger partial charge in [-0.15, -0.1) is 0 Å². The highest BCUT2D eigenvalue weighted by molar-refractivity contribution is 7.89. The van der Waals surface area contributed by atoms with Gasteiger partial charge in [0, 0.05) is 19.8 Å². The Morgan fingerprint density at radius 2 is 1.78 bits per heavy atom. The van der Waals surface area contributed by atoms with Gasteiger partial charge in [-0.1, -0.05) is 17.2 Å². The number of rotatable bonds is 6. The lowest BCUT2D eigenvalue weighted by Crippen LogP contribution is -2.34. The van der Waals surface area contributed by atoms with E-state index in [9.17, 15) is 22.8 Å². The molecule has 2 heterocycles. The molecule has 0 saturated heterocycles. The smallest absolute Gasteiger partial charge is 0.334 e. The van der Waals surface area contributed by atoms with E-state index in [4.69, 9.17) is 4.84 Å². The maximum atomic E-state index is 12.1. The molecule has 0 fully saturated rings. The topological polar surface area (TPSA) is 128 Å². The molecule has 1 aromatic carbocycles. The lowest BCUT2D eigenvalue weighted by atomic mass is 10.1. The molecule has 0 unspecified atom stereocenters. The minimum Gasteiger partial charge on any atom is -0.337 e. The van der Waals surface area contributed by atoms with Crippen LogP contribution in [0.25, 0.3) is 0 Å². The summed E-state index contributed by atoms with van der Waals surface area (Å²) in [6, 6.07) is 6.08. The van der Waals surface area contributed by atoms with Gasteiger partial charge in [0.15, 0.2) is 5.03 Å². The molecular weight excluding hydrogens is 376 g/mol. The zero-order valence-corrected chi connectivity index (χ0v) is 15.3. The van der Waals surface area contributed by atoms with Crippen LogP contribution in [0.5, 0.6) is 0 Å². The number of hydroxylamine groups is 2. The lowest BCUT2D eigenvalue weighted by molar-refractivity contribution is -0.168. The quantitative estimate of drug-likeness (QED) is 0.693. The number of carbonyl (C=O) groups is 3. The van der Waals surface area contributed by atoms with E-state index in [-0.39, 0.29) is 29.1 Å². The third-order valence-electron chi connectivity index (χ3n) is 3.93. The van der Waals surface area contributed by atoms with E-state index in [2.05, 4.69) is 9.71 Å². The van der Waals surface area contributed by atoms with Crippen LogP contribution in [0.4, 0.5) is 0 Å². The molecule has 0 radical (unpaired) electrons. The SMILES string of the molecule is Cc1nc(S(=O)(=O)NCCC(=O)ON2C(=O)c3ccccc3C2=O)cn1C. The minimum atomic E-state index is -3.89. The summed E-state index contributed by atoms with van der Waals surface area (Å²) in [5, 5.41) is 0.208. The van der Waals surface area contributed by atoms with E-state index in [1.54, 1.807) is 30.7 Å². The van der Waals surface area contributed by atoms with Gasteiger partial charge in [0.25, 0.3) is 21.8 Å². The highest BCUT2D eigenvalue weighted by Gasteiger charge is 2.38. The third kappa shape index (κ3) is 3.59. The molecule has 3 rings (SSSR count). The monoisotopic (exact) mass is 392 g/mol. The largest absolute Gasteiger partial charge is 0.337 e. The van der Waals surface area contributed by atoms with Crippen LogP contribution in [0.2, 0.25) is 0 Å². The molecule has 0 spiro atoms. The van der Waals surface area contributed by atoms with Gasteiger partial charge in [-0.05, 0) is 19.1 Å². The fourth-order valence-corrected chi connectivity index (χ4v) is 3.48. The van der Waals surface area contributed by atoms with Gasteiger partial charge >= 0.3 is 5.97 Å². The molecule has 11 heteroatoms. The van der Waals surface area contributed by atoms with Crippen LogP contribution in [0.1, 0.15) is 33.0 Å². The average Bonchev–Trinajstić information content (AvgIpc) is 3.08. The molecule has 0 atom stereocenters. The number of fused-ring (bicyclic) bond motifs is 1. The Bertz CT molecular complexity index is 988. The highest BCUT2D eigenvalue weighted by atomic mass is 32.2. The summed E-state index contributed by atoms with van der Waals surface area (Å²) in [5.41, 5.74) is 0.281. The summed E-state index contributed by atoms with van der Waals surface area (Å²) < 4.78 is 28.0. The van der Waals surface area contributed by atoms with E-state index in [1.807, 2.05) is 0 Å². The van der Waals surface area contributed by atoms with E-state index >= 15 is 0 Å². The van der Waals surface area contributed by atoms with Crippen LogP contribution >= 0.6 is 0 Å². The number of imidazole rings is 1. The summed E-state index contributed by atoms with van der Waals surface area (Å²) in [6.07, 6.45) is 0.966. The summed E-state index contributed by atoms with van der Waals surface area (Å²) in [4.78, 5) is 44.8. The van der Waals surface area contributed by atoms with Crippen molar-refractivity contribution in [2.45, 2.75) is 18.4 Å². The molecule has 27 heavy (non-hydrogen) atoms. The minimum absolute atomic E-state index is 0.140. The number of nitrogens with one attached hydrogen (secondary N) is 1. The van der Waals surface area contributed by atoms with Gasteiger partial charge in [0.2, 0.25) is 0 Å². The van der Waals surface area contributed by atoms with E-state index in [1.165, 1.54) is 18.3 Å². The van der Waals surface area contributed by atoms with E-state index in [0.29, 0.717) is 10.9 Å². The summed E-state index contributed by atoms with van der Waals surface area (Å²) >= 11 is 0. The zero-order valence-electron chi connectivity index (χ0n) is 14.5. The van der Waals surface area contributed by atoms with Gasteiger partial charge in [-0.3, -0.25) is 9.59 Å². The van der Waals surface area contributed by atoms with Crippen LogP contribution in [-0.2, 0) is 26.7 Å². The number of nitrogens with zero attached hydrogens (tertiary/aromatic N) is 3. The number of sulfonamides is 1. The van der Waals surface area contributed by atoms with Crippen molar-refractivity contribution in [3.8, 4) is 0 Å². The maximum absolute atomic E-state index is 12.1. The Morgan fingerprint density at radius 3 is 2.30 bits per heavy atom. The van der Waals surface area contributed by atoms with Gasteiger partial charge < -0.3 is 9.40 Å². The molecule has 1 aromatic heterocycles. The van der Waals surface area contributed by atoms with E-state index < -0.39 is 27.8 Å². The maximum Gasteiger partial charge on any atom is 0.334 e. The van der Waals surface area contributed by atoms with Gasteiger partial charge in [-0.2, -0.15) is 0 Å². The Labute approximate surface area is 154 Å². The molecule has 0 saturated carbocycles. The molecule has 1 aliphatic rings. The van der Waals surface area contributed by atoms with Crippen molar-refractivity contribution < 1.29 is 27.6 Å². The van der Waals surface area contributed by atoms with Crippen molar-refractivity contribution in [3.63, 3.8) is 0 Å². The van der Waals surface area contributed by atoms with Crippen LogP contribution in [0.15, 0.2) is 35.5 Å². The predicted molar refractivity (Wildman–Crippen MR) is 90.8 cm³/mol. The van der Waals surface area contributed by atoms with Crippen LogP contribution in [0.3, 0.4) is 0 Å². The fourth-order valence-electron chi connectivity index (χ4n) is 2.41. The van der Waals surface area contributed by atoms with Crippen molar-refractivity contribution >= 4 is 27.8 Å². The van der Waals surface area contributed by atoms with Crippen LogP contribution < -0.4 is 4.72 Å². The molecule has 2 amide bonds. The first-order valence-electron chi connectivity index (χ1n) is 7.89. The average molecular weight is 392 g/mol. The number of carbonyl (C=O) groups excluding carboxylic acids is 3. The van der Waals surface area contributed by atoms with E-state index in [0.717, 1.165) is 0 Å². The van der Waals surface area contributed by atoms with Crippen molar-refractivity contribution in [3.05, 3.63) is 47.4 Å². The molecular formula is C16H16N4O6S. The Hall–Kier alpha value is -3.05. The van der Waals surface area contributed by atoms with Gasteiger partial charge in [-0.25, -0.2) is 22.9 Å². The number of aryl methyl sites for hydroxylation is 2. The molecule has 1 aliphatic heterocycles. The predicted octanol–water partition coefficient (Wildman–Crippen LogP) is 0.151. The molecule has 0 bridgehead atoms. The van der Waals surface area contributed by atoms with Gasteiger partial charge in [0.05, 0.1) is 17.5 Å².